The Morgan fingerprint density at radius 3 is 0.938 bits per heavy atom. The molecule has 2 N–H and O–H groups in total. The lowest BCUT2D eigenvalue weighted by Crippen LogP contribution is -2.27. The van der Waals surface area contributed by atoms with Crippen LogP contribution in [0.1, 0.15) is 73.6 Å². The SMILES string of the molecule is CCC.CCC(CC)(CO)CO.CCCC. The average molecular weight is 234 g/mol. The van der Waals surface area contributed by atoms with Gasteiger partial charge in [0.1, 0.15) is 0 Å². The molecule has 0 rings (SSSR count). The highest BCUT2D eigenvalue weighted by Gasteiger charge is 2.23. The molecule has 0 heterocycles. The van der Waals surface area contributed by atoms with Crippen LogP contribution in [0.4, 0.5) is 0 Å². The van der Waals surface area contributed by atoms with Crippen LogP contribution >= 0.6 is 0 Å². The minimum absolute atomic E-state index is 0.0938. The van der Waals surface area contributed by atoms with Gasteiger partial charge in [0.25, 0.3) is 0 Å². The smallest absolute Gasteiger partial charge is 0.0509 e. The molecule has 0 aliphatic carbocycles. The molecule has 0 aliphatic heterocycles. The van der Waals surface area contributed by atoms with E-state index in [2.05, 4.69) is 27.7 Å². The second-order valence-corrected chi connectivity index (χ2v) is 4.23. The van der Waals surface area contributed by atoms with Gasteiger partial charge in [-0.25, -0.2) is 0 Å². The summed E-state index contributed by atoms with van der Waals surface area (Å²) in [7, 11) is 0. The lowest BCUT2D eigenvalue weighted by molar-refractivity contribution is 0.0480. The maximum Gasteiger partial charge on any atom is 0.0509 e. The molecule has 0 radical (unpaired) electrons. The first-order valence-corrected chi connectivity index (χ1v) is 6.79. The highest BCUT2D eigenvalue weighted by molar-refractivity contribution is 4.73. The first-order chi connectivity index (χ1) is 7.57. The Labute approximate surface area is 103 Å². The molecule has 2 nitrogen and oxygen atoms in total. The molecule has 102 valence electrons. The summed E-state index contributed by atoms with van der Waals surface area (Å²) in [6.07, 6.45) is 5.58. The number of hydrogen-bond acceptors (Lipinski definition) is 2. The number of unbranched alkanes of at least 4 members (excludes halogenated alkanes) is 1. The van der Waals surface area contributed by atoms with Gasteiger partial charge in [-0.3, -0.25) is 0 Å². The number of hydrogen-bond donors (Lipinski definition) is 2. The van der Waals surface area contributed by atoms with Crippen molar-refractivity contribution in [2.24, 2.45) is 5.41 Å². The average Bonchev–Trinajstić information content (AvgIpc) is 2.34. The van der Waals surface area contributed by atoms with Crippen molar-refractivity contribution in [3.05, 3.63) is 0 Å². The predicted octanol–water partition coefficient (Wildman–Crippen LogP) is 4.00. The van der Waals surface area contributed by atoms with Gasteiger partial charge < -0.3 is 10.2 Å². The minimum atomic E-state index is -0.222. The number of aliphatic hydroxyl groups is 2. The lowest BCUT2D eigenvalue weighted by atomic mass is 9.84. The Morgan fingerprint density at radius 1 is 0.688 bits per heavy atom. The summed E-state index contributed by atoms with van der Waals surface area (Å²) in [5.74, 6) is 0. The fourth-order valence-electron chi connectivity index (χ4n) is 0.747. The van der Waals surface area contributed by atoms with Gasteiger partial charge in [-0.1, -0.05) is 60.8 Å². The molecule has 0 fully saturated rings. The van der Waals surface area contributed by atoms with Crippen LogP contribution in [-0.4, -0.2) is 23.4 Å². The second kappa shape index (κ2) is 17.3. The Morgan fingerprint density at radius 2 is 0.938 bits per heavy atom. The van der Waals surface area contributed by atoms with Crippen LogP contribution in [0.25, 0.3) is 0 Å². The summed E-state index contributed by atoms with van der Waals surface area (Å²) in [6, 6.07) is 0. The van der Waals surface area contributed by atoms with Crippen LogP contribution in [0.5, 0.6) is 0 Å². The molecule has 0 atom stereocenters. The van der Waals surface area contributed by atoms with Gasteiger partial charge in [-0.2, -0.15) is 0 Å². The highest BCUT2D eigenvalue weighted by atomic mass is 16.3. The van der Waals surface area contributed by atoms with E-state index in [9.17, 15) is 0 Å². The van der Waals surface area contributed by atoms with Crippen molar-refractivity contribution in [2.75, 3.05) is 13.2 Å². The quantitative estimate of drug-likeness (QED) is 0.755. The monoisotopic (exact) mass is 234 g/mol. The van der Waals surface area contributed by atoms with E-state index in [0.717, 1.165) is 12.8 Å². The zero-order valence-electron chi connectivity index (χ0n) is 12.3. The van der Waals surface area contributed by atoms with Gasteiger partial charge in [0.2, 0.25) is 0 Å². The number of aliphatic hydroxyl groups excluding tert-OH is 2. The van der Waals surface area contributed by atoms with E-state index in [4.69, 9.17) is 10.2 Å². The standard InChI is InChI=1S/C7H16O2.C4H10.C3H8/c1-3-7(4-2,5-8)6-9;1-3-4-2;1-3-2/h8-9H,3-6H2,1-2H3;3-4H2,1-2H3;3H2,1-2H3. The lowest BCUT2D eigenvalue weighted by Gasteiger charge is -2.25. The zero-order chi connectivity index (χ0) is 13.4. The van der Waals surface area contributed by atoms with E-state index < -0.39 is 0 Å². The third-order valence-corrected chi connectivity index (χ3v) is 2.67. The first kappa shape index (κ1) is 21.2. The van der Waals surface area contributed by atoms with Crippen molar-refractivity contribution in [1.82, 2.24) is 0 Å². The van der Waals surface area contributed by atoms with E-state index in [1.165, 1.54) is 19.3 Å². The predicted molar refractivity (Wildman–Crippen MR) is 73.7 cm³/mol. The van der Waals surface area contributed by atoms with Gasteiger partial charge >= 0.3 is 0 Å². The van der Waals surface area contributed by atoms with Crippen molar-refractivity contribution in [1.29, 1.82) is 0 Å². The van der Waals surface area contributed by atoms with E-state index in [0.29, 0.717) is 0 Å². The van der Waals surface area contributed by atoms with Crippen LogP contribution in [0.3, 0.4) is 0 Å². The minimum Gasteiger partial charge on any atom is -0.396 e. The first-order valence-electron chi connectivity index (χ1n) is 6.79. The summed E-state index contributed by atoms with van der Waals surface area (Å²) in [5.41, 5.74) is -0.222. The summed E-state index contributed by atoms with van der Waals surface area (Å²) in [5, 5.41) is 17.6. The summed E-state index contributed by atoms with van der Waals surface area (Å²) >= 11 is 0. The Bertz CT molecular complexity index is 79.4. The summed E-state index contributed by atoms with van der Waals surface area (Å²) < 4.78 is 0. The maximum absolute atomic E-state index is 8.82. The largest absolute Gasteiger partial charge is 0.396 e. The molecule has 0 amide bonds. The second-order valence-electron chi connectivity index (χ2n) is 4.23. The molecule has 16 heavy (non-hydrogen) atoms. The van der Waals surface area contributed by atoms with Crippen LogP contribution in [0.15, 0.2) is 0 Å². The zero-order valence-corrected chi connectivity index (χ0v) is 12.3. The van der Waals surface area contributed by atoms with Gasteiger partial charge in [-0.05, 0) is 12.8 Å². The fourth-order valence-corrected chi connectivity index (χ4v) is 0.747. The molecule has 0 bridgehead atoms. The van der Waals surface area contributed by atoms with E-state index in [-0.39, 0.29) is 18.6 Å². The topological polar surface area (TPSA) is 40.5 Å². The Hall–Kier alpha value is -0.0800. The third-order valence-electron chi connectivity index (χ3n) is 2.67. The normalized spacial score (nSPS) is 9.75. The van der Waals surface area contributed by atoms with Gasteiger partial charge in [-0.15, -0.1) is 0 Å². The van der Waals surface area contributed by atoms with E-state index >= 15 is 0 Å². The van der Waals surface area contributed by atoms with Crippen LogP contribution < -0.4 is 0 Å². The van der Waals surface area contributed by atoms with Gasteiger partial charge in [0.05, 0.1) is 13.2 Å². The van der Waals surface area contributed by atoms with Crippen molar-refractivity contribution in [3.8, 4) is 0 Å². The molecular formula is C14H34O2. The van der Waals surface area contributed by atoms with Gasteiger partial charge in [0, 0.05) is 5.41 Å². The Balaban J connectivity index is -0.000000201. The molecule has 0 saturated heterocycles. The molecule has 0 aromatic heterocycles. The number of rotatable bonds is 5. The van der Waals surface area contributed by atoms with Crippen molar-refractivity contribution in [3.63, 3.8) is 0 Å². The summed E-state index contributed by atoms with van der Waals surface area (Å²) in [6.45, 7) is 12.8. The van der Waals surface area contributed by atoms with Crippen molar-refractivity contribution in [2.45, 2.75) is 73.6 Å². The summed E-state index contributed by atoms with van der Waals surface area (Å²) in [4.78, 5) is 0. The van der Waals surface area contributed by atoms with Crippen LogP contribution in [0.2, 0.25) is 0 Å². The molecule has 2 heteroatoms. The Kier molecular flexibility index (Phi) is 23.0. The third kappa shape index (κ3) is 13.9. The fraction of sp³-hybridized carbons (Fsp3) is 1.00. The maximum atomic E-state index is 8.82. The van der Waals surface area contributed by atoms with Crippen molar-refractivity contribution < 1.29 is 10.2 Å². The molecule has 0 unspecified atom stereocenters. The van der Waals surface area contributed by atoms with Gasteiger partial charge in [0.15, 0.2) is 0 Å². The van der Waals surface area contributed by atoms with Crippen molar-refractivity contribution >= 4 is 0 Å². The van der Waals surface area contributed by atoms with E-state index in [1.54, 1.807) is 0 Å². The molecule has 0 saturated carbocycles. The molecular weight excluding hydrogens is 200 g/mol. The molecule has 0 aromatic rings. The highest BCUT2D eigenvalue weighted by Crippen LogP contribution is 2.23. The van der Waals surface area contributed by atoms with E-state index in [1.807, 2.05) is 13.8 Å². The van der Waals surface area contributed by atoms with Crippen LogP contribution in [0, 0.1) is 5.41 Å². The molecule has 0 aromatic carbocycles. The van der Waals surface area contributed by atoms with Crippen LogP contribution in [-0.2, 0) is 0 Å². The molecule has 0 aliphatic rings. The molecule has 0 spiro atoms.